The van der Waals surface area contributed by atoms with E-state index in [2.05, 4.69) is 38.6 Å². The van der Waals surface area contributed by atoms with Crippen LogP contribution in [-0.4, -0.2) is 40.9 Å². The fraction of sp³-hybridized carbons (Fsp3) is 0.893. The molecular formula is C28H55O2SSn. The van der Waals surface area contributed by atoms with Crippen LogP contribution in [0.15, 0.2) is 12.2 Å². The number of esters is 1. The minimum absolute atomic E-state index is 0.0725. The third-order valence-corrected chi connectivity index (χ3v) is 6.72. The van der Waals surface area contributed by atoms with Crippen LogP contribution in [0.2, 0.25) is 4.44 Å². The summed E-state index contributed by atoms with van der Waals surface area (Å²) in [5.74, 6) is 0.537. The second-order valence-electron chi connectivity index (χ2n) is 8.80. The van der Waals surface area contributed by atoms with Gasteiger partial charge in [0.1, 0.15) is 6.61 Å². The van der Waals surface area contributed by atoms with Gasteiger partial charge in [-0.1, -0.05) is 70.4 Å². The van der Waals surface area contributed by atoms with Gasteiger partial charge in [-0.3, -0.25) is 4.79 Å². The van der Waals surface area contributed by atoms with Crippen LogP contribution in [0.3, 0.4) is 0 Å². The fourth-order valence-electron chi connectivity index (χ4n) is 3.48. The molecular weight excluding hydrogens is 519 g/mol. The Balaban J connectivity index is 0. The van der Waals surface area contributed by atoms with Crippen LogP contribution in [0.1, 0.15) is 142 Å². The Morgan fingerprint density at radius 3 is 1.59 bits per heavy atom. The van der Waals surface area contributed by atoms with E-state index in [-0.39, 0.29) is 5.97 Å². The van der Waals surface area contributed by atoms with Crippen LogP contribution in [-0.2, 0) is 9.53 Å². The van der Waals surface area contributed by atoms with E-state index >= 15 is 0 Å². The van der Waals surface area contributed by atoms with Crippen molar-refractivity contribution >= 4 is 41.1 Å². The molecule has 0 N–H and O–H groups in total. The van der Waals surface area contributed by atoms with Crippen LogP contribution in [0.4, 0.5) is 0 Å². The summed E-state index contributed by atoms with van der Waals surface area (Å²) in [7, 11) is 0. The summed E-state index contributed by atoms with van der Waals surface area (Å²) < 4.78 is 6.44. The standard InChI is InChI=1S/C20H38O2S.C8H17.Sn/c1-2-3-4-5-6-7-8-9-10-11-12-13-14-15-16-17-20(21)22-18-19-23;1-3-5-7-8-6-4-2;/h9-10,23H,2-8,11-19H2,1H3;1,3-8H2,2H3;/b10-9-;;. The van der Waals surface area contributed by atoms with Gasteiger partial charge in [-0.25, -0.2) is 0 Å². The molecule has 32 heavy (non-hydrogen) atoms. The zero-order valence-electron chi connectivity index (χ0n) is 21.7. The van der Waals surface area contributed by atoms with Gasteiger partial charge < -0.3 is 4.74 Å². The van der Waals surface area contributed by atoms with Crippen LogP contribution in [0.25, 0.3) is 0 Å². The molecule has 2 nitrogen and oxygen atoms in total. The molecule has 4 heteroatoms. The van der Waals surface area contributed by atoms with Gasteiger partial charge in [0.2, 0.25) is 0 Å². The summed E-state index contributed by atoms with van der Waals surface area (Å²) in [6, 6.07) is 0. The molecule has 0 spiro atoms. The summed E-state index contributed by atoms with van der Waals surface area (Å²) in [6.07, 6.45) is 30.6. The normalized spacial score (nSPS) is 10.9. The van der Waals surface area contributed by atoms with Crippen LogP contribution < -0.4 is 0 Å². The molecule has 3 radical (unpaired) electrons. The van der Waals surface area contributed by atoms with Crippen molar-refractivity contribution in [3.63, 3.8) is 0 Å². The van der Waals surface area contributed by atoms with Gasteiger partial charge in [-0.2, -0.15) is 12.6 Å². The maximum atomic E-state index is 11.3. The first-order chi connectivity index (χ1) is 15.7. The average molecular weight is 575 g/mol. The third kappa shape index (κ3) is 35.0. The Hall–Kier alpha value is 0.359. The van der Waals surface area contributed by atoms with Crippen molar-refractivity contribution in [3.8, 4) is 0 Å². The molecule has 0 heterocycles. The van der Waals surface area contributed by atoms with Gasteiger partial charge in [-0.05, 0) is 32.1 Å². The van der Waals surface area contributed by atoms with E-state index in [9.17, 15) is 4.79 Å². The number of hydrogen-bond donors (Lipinski definition) is 1. The Morgan fingerprint density at radius 2 is 1.12 bits per heavy atom. The minimum atomic E-state index is -0.0725. The Bertz CT molecular complexity index is 368. The van der Waals surface area contributed by atoms with E-state index in [1.165, 1.54) is 114 Å². The van der Waals surface area contributed by atoms with Gasteiger partial charge in [0.15, 0.2) is 0 Å². The summed E-state index contributed by atoms with van der Waals surface area (Å²) in [5, 5.41) is 0. The van der Waals surface area contributed by atoms with Gasteiger partial charge in [0.25, 0.3) is 0 Å². The second-order valence-corrected chi connectivity index (χ2v) is 10.7. The van der Waals surface area contributed by atoms with E-state index in [0.29, 0.717) is 18.8 Å². The van der Waals surface area contributed by atoms with Gasteiger partial charge >= 0.3 is 78.4 Å². The molecule has 0 aliphatic rings. The first-order valence-corrected chi connectivity index (χ1v) is 16.4. The van der Waals surface area contributed by atoms with Gasteiger partial charge in [-0.15, -0.1) is 0 Å². The molecule has 0 rings (SSSR count). The number of thiol groups is 1. The molecule has 0 aromatic carbocycles. The van der Waals surface area contributed by atoms with Crippen molar-refractivity contribution in [1.82, 2.24) is 0 Å². The van der Waals surface area contributed by atoms with Crippen LogP contribution in [0, 0.1) is 0 Å². The number of carbonyl (C=O) groups is 1. The molecule has 0 amide bonds. The summed E-state index contributed by atoms with van der Waals surface area (Å²) >= 11 is 5.72. The van der Waals surface area contributed by atoms with Gasteiger partial charge in [0.05, 0.1) is 0 Å². The number of allylic oxidation sites excluding steroid dienone is 2. The number of rotatable bonds is 23. The van der Waals surface area contributed by atoms with Crippen molar-refractivity contribution in [1.29, 1.82) is 0 Å². The molecule has 0 atom stereocenters. The van der Waals surface area contributed by atoms with E-state index in [0.717, 1.165) is 12.8 Å². The number of ether oxygens (including phenoxy) is 1. The zero-order chi connectivity index (χ0) is 24.0. The topological polar surface area (TPSA) is 26.3 Å². The summed E-state index contributed by atoms with van der Waals surface area (Å²) in [5.41, 5.74) is 0. The average Bonchev–Trinajstić information content (AvgIpc) is 2.80. The zero-order valence-corrected chi connectivity index (χ0v) is 25.4. The third-order valence-electron chi connectivity index (χ3n) is 5.53. The van der Waals surface area contributed by atoms with Crippen molar-refractivity contribution in [2.75, 3.05) is 12.4 Å². The monoisotopic (exact) mass is 575 g/mol. The molecule has 0 aromatic rings. The molecule has 0 aromatic heterocycles. The predicted octanol–water partition coefficient (Wildman–Crippen LogP) is 9.43. The van der Waals surface area contributed by atoms with Crippen molar-refractivity contribution in [2.24, 2.45) is 0 Å². The molecule has 0 unspecified atom stereocenters. The second kappa shape index (κ2) is 33.5. The molecule has 189 valence electrons. The van der Waals surface area contributed by atoms with Crippen molar-refractivity contribution in [2.45, 2.75) is 147 Å². The SMILES string of the molecule is CCCCCCCC/C=C\CCCCCCCC(=O)OCCS.CCCCCCC[CH2][Sn]. The summed E-state index contributed by atoms with van der Waals surface area (Å²) in [6.45, 7) is 4.97. The van der Waals surface area contributed by atoms with Crippen molar-refractivity contribution < 1.29 is 9.53 Å². The molecule has 0 fully saturated rings. The molecule has 0 saturated carbocycles. The molecule has 0 bridgehead atoms. The van der Waals surface area contributed by atoms with E-state index in [4.69, 9.17) is 4.74 Å². The first-order valence-electron chi connectivity index (χ1n) is 13.8. The Kier molecular flexibility index (Phi) is 36.2. The van der Waals surface area contributed by atoms with Crippen molar-refractivity contribution in [3.05, 3.63) is 12.2 Å². The van der Waals surface area contributed by atoms with Crippen LogP contribution >= 0.6 is 12.6 Å². The quantitative estimate of drug-likeness (QED) is 0.0433. The van der Waals surface area contributed by atoms with E-state index in [1.807, 2.05) is 0 Å². The van der Waals surface area contributed by atoms with Gasteiger partial charge in [0, 0.05) is 12.2 Å². The Labute approximate surface area is 221 Å². The number of unbranched alkanes of at least 4 members (excludes halogenated alkanes) is 16. The summed E-state index contributed by atoms with van der Waals surface area (Å²) in [4.78, 5) is 11.3. The van der Waals surface area contributed by atoms with E-state index < -0.39 is 0 Å². The van der Waals surface area contributed by atoms with Crippen LogP contribution in [0.5, 0.6) is 0 Å². The maximum absolute atomic E-state index is 11.3. The molecule has 0 saturated heterocycles. The molecule has 0 aliphatic heterocycles. The number of hydrogen-bond acceptors (Lipinski definition) is 3. The Morgan fingerprint density at radius 1 is 0.688 bits per heavy atom. The first kappa shape index (κ1) is 34.5. The fourth-order valence-corrected chi connectivity index (χ4v) is 4.28. The van der Waals surface area contributed by atoms with E-state index in [1.54, 1.807) is 22.5 Å². The molecule has 0 aliphatic carbocycles. The predicted molar refractivity (Wildman–Crippen MR) is 148 cm³/mol. The number of carbonyl (C=O) groups excluding carboxylic acids is 1.